The van der Waals surface area contributed by atoms with E-state index in [-0.39, 0.29) is 23.8 Å². The third-order valence-corrected chi connectivity index (χ3v) is 5.52. The minimum atomic E-state index is -0.264. The third-order valence-electron chi connectivity index (χ3n) is 5.52. The van der Waals surface area contributed by atoms with Crippen molar-refractivity contribution in [2.45, 2.75) is 37.6 Å². The monoisotopic (exact) mass is 395 g/mol. The zero-order valence-electron chi connectivity index (χ0n) is 15.7. The Balaban J connectivity index is 1.32. The Morgan fingerprint density at radius 2 is 2.00 bits per heavy atom. The first-order valence-electron chi connectivity index (χ1n) is 9.41. The summed E-state index contributed by atoms with van der Waals surface area (Å²) in [6.07, 6.45) is 4.23. The Morgan fingerprint density at radius 3 is 2.83 bits per heavy atom. The molecule has 0 aliphatic heterocycles. The van der Waals surface area contributed by atoms with E-state index in [1.807, 2.05) is 12.1 Å². The van der Waals surface area contributed by atoms with Gasteiger partial charge in [-0.25, -0.2) is 14.1 Å². The molecular formula is C19H18FN7O2. The Hall–Kier alpha value is -3.43. The van der Waals surface area contributed by atoms with Crippen LogP contribution in [0.5, 0.6) is 0 Å². The van der Waals surface area contributed by atoms with Gasteiger partial charge in [-0.3, -0.25) is 9.36 Å². The zero-order chi connectivity index (χ0) is 20.0. The summed E-state index contributed by atoms with van der Waals surface area (Å²) in [4.78, 5) is 21.2. The SMILES string of the molecule is Cn1nnc2ncn(Cc3nc([C@@H]4CCC(c5ccc(F)cc5)C4)no3)c(=O)c21. The van der Waals surface area contributed by atoms with Crippen LogP contribution < -0.4 is 5.56 Å². The molecule has 5 rings (SSSR count). The summed E-state index contributed by atoms with van der Waals surface area (Å²) in [5.41, 5.74) is 1.50. The molecule has 1 saturated carbocycles. The lowest BCUT2D eigenvalue weighted by molar-refractivity contribution is 0.361. The van der Waals surface area contributed by atoms with Crippen molar-refractivity contribution in [2.75, 3.05) is 0 Å². The summed E-state index contributed by atoms with van der Waals surface area (Å²) >= 11 is 0. The highest BCUT2D eigenvalue weighted by molar-refractivity contribution is 5.67. The van der Waals surface area contributed by atoms with Crippen LogP contribution in [0.1, 0.15) is 48.4 Å². The highest BCUT2D eigenvalue weighted by Gasteiger charge is 2.30. The maximum Gasteiger partial charge on any atom is 0.281 e. The fraction of sp³-hybridized carbons (Fsp3) is 0.368. The van der Waals surface area contributed by atoms with Gasteiger partial charge in [-0.15, -0.1) is 5.10 Å². The second-order valence-electron chi connectivity index (χ2n) is 7.37. The summed E-state index contributed by atoms with van der Waals surface area (Å²) < 4.78 is 21.3. The first-order valence-corrected chi connectivity index (χ1v) is 9.41. The molecule has 3 aromatic heterocycles. The molecule has 1 aliphatic rings. The lowest BCUT2D eigenvalue weighted by Crippen LogP contribution is -2.22. The van der Waals surface area contributed by atoms with E-state index in [2.05, 4.69) is 25.4 Å². The lowest BCUT2D eigenvalue weighted by atomic mass is 9.96. The number of fused-ring (bicyclic) bond motifs is 1. The van der Waals surface area contributed by atoms with Crippen molar-refractivity contribution in [1.82, 2.24) is 34.7 Å². The molecule has 0 N–H and O–H groups in total. The summed E-state index contributed by atoms with van der Waals surface area (Å²) in [7, 11) is 1.64. The van der Waals surface area contributed by atoms with Gasteiger partial charge in [0.25, 0.3) is 5.56 Å². The van der Waals surface area contributed by atoms with E-state index >= 15 is 0 Å². The van der Waals surface area contributed by atoms with Crippen molar-refractivity contribution in [1.29, 1.82) is 0 Å². The van der Waals surface area contributed by atoms with Crippen LogP contribution in [0.3, 0.4) is 0 Å². The van der Waals surface area contributed by atoms with Crippen LogP contribution in [0.2, 0.25) is 0 Å². The third kappa shape index (κ3) is 3.20. The number of nitrogens with zero attached hydrogens (tertiary/aromatic N) is 7. The van der Waals surface area contributed by atoms with E-state index in [1.165, 1.54) is 27.7 Å². The Kier molecular flexibility index (Phi) is 4.18. The fourth-order valence-electron chi connectivity index (χ4n) is 3.99. The van der Waals surface area contributed by atoms with Crippen molar-refractivity contribution >= 4 is 11.2 Å². The molecule has 3 heterocycles. The number of hydrogen-bond donors (Lipinski definition) is 0. The number of aryl methyl sites for hydroxylation is 1. The molecule has 1 unspecified atom stereocenters. The number of rotatable bonds is 4. The van der Waals surface area contributed by atoms with Gasteiger partial charge in [0.15, 0.2) is 11.3 Å². The van der Waals surface area contributed by atoms with Crippen molar-refractivity contribution in [3.8, 4) is 0 Å². The van der Waals surface area contributed by atoms with Gasteiger partial charge < -0.3 is 4.52 Å². The molecule has 0 spiro atoms. The molecule has 4 aromatic rings. The predicted molar refractivity (Wildman–Crippen MR) is 99.7 cm³/mol. The average Bonchev–Trinajstić information content (AvgIpc) is 3.45. The van der Waals surface area contributed by atoms with Crippen molar-refractivity contribution in [3.05, 3.63) is 64.0 Å². The number of halogens is 1. The van der Waals surface area contributed by atoms with Crippen LogP contribution in [-0.4, -0.2) is 34.7 Å². The van der Waals surface area contributed by atoms with Crippen molar-refractivity contribution < 1.29 is 8.91 Å². The molecule has 1 aromatic carbocycles. The smallest absolute Gasteiger partial charge is 0.281 e. The first kappa shape index (κ1) is 17.7. The van der Waals surface area contributed by atoms with Gasteiger partial charge in [-0.05, 0) is 42.9 Å². The standard InChI is InChI=1S/C19H18FN7O2/c1-26-16-18(23-25-26)21-10-27(19(16)28)9-15-22-17(24-29-15)13-3-2-12(8-13)11-4-6-14(20)7-5-11/h4-7,10,12-13H,2-3,8-9H2,1H3/t12?,13-/m1/s1. The van der Waals surface area contributed by atoms with Crippen LogP contribution in [0, 0.1) is 5.82 Å². The molecule has 0 saturated heterocycles. The topological polar surface area (TPSA) is 105 Å². The summed E-state index contributed by atoms with van der Waals surface area (Å²) in [5.74, 6) is 1.31. The normalized spacial score (nSPS) is 19.2. The van der Waals surface area contributed by atoms with Gasteiger partial charge in [0, 0.05) is 13.0 Å². The minimum absolute atomic E-state index is 0.133. The van der Waals surface area contributed by atoms with Gasteiger partial charge in [0.05, 0.1) is 0 Å². The van der Waals surface area contributed by atoms with Gasteiger partial charge in [-0.1, -0.05) is 22.5 Å². The molecule has 29 heavy (non-hydrogen) atoms. The van der Waals surface area contributed by atoms with Gasteiger partial charge >= 0.3 is 0 Å². The fourth-order valence-corrected chi connectivity index (χ4v) is 3.99. The second kappa shape index (κ2) is 6.87. The highest BCUT2D eigenvalue weighted by Crippen LogP contribution is 2.42. The maximum absolute atomic E-state index is 13.1. The van der Waals surface area contributed by atoms with Crippen molar-refractivity contribution in [3.63, 3.8) is 0 Å². The number of benzene rings is 1. The first-order chi connectivity index (χ1) is 14.1. The molecule has 0 amide bonds. The predicted octanol–water partition coefficient (Wildman–Crippen LogP) is 2.15. The molecule has 2 atom stereocenters. The van der Waals surface area contributed by atoms with Crippen LogP contribution in [0.15, 0.2) is 39.9 Å². The lowest BCUT2D eigenvalue weighted by Gasteiger charge is -2.09. The Bertz CT molecular complexity index is 1230. The van der Waals surface area contributed by atoms with E-state index in [1.54, 1.807) is 7.05 Å². The highest BCUT2D eigenvalue weighted by atomic mass is 19.1. The van der Waals surface area contributed by atoms with Gasteiger partial charge in [-0.2, -0.15) is 4.98 Å². The van der Waals surface area contributed by atoms with E-state index < -0.39 is 0 Å². The number of aromatic nitrogens is 7. The zero-order valence-corrected chi connectivity index (χ0v) is 15.7. The van der Waals surface area contributed by atoms with E-state index in [4.69, 9.17) is 4.52 Å². The van der Waals surface area contributed by atoms with Crippen LogP contribution in [-0.2, 0) is 13.6 Å². The van der Waals surface area contributed by atoms with Crippen molar-refractivity contribution in [2.24, 2.45) is 7.05 Å². The van der Waals surface area contributed by atoms with Crippen LogP contribution >= 0.6 is 0 Å². The van der Waals surface area contributed by atoms with Crippen LogP contribution in [0.4, 0.5) is 4.39 Å². The average molecular weight is 395 g/mol. The molecular weight excluding hydrogens is 377 g/mol. The molecule has 0 radical (unpaired) electrons. The molecule has 9 nitrogen and oxygen atoms in total. The molecule has 10 heteroatoms. The second-order valence-corrected chi connectivity index (χ2v) is 7.37. The minimum Gasteiger partial charge on any atom is -0.337 e. The van der Waals surface area contributed by atoms with E-state index in [9.17, 15) is 9.18 Å². The summed E-state index contributed by atoms with van der Waals surface area (Å²) in [6.45, 7) is 0.133. The molecule has 1 fully saturated rings. The van der Waals surface area contributed by atoms with Gasteiger partial charge in [0.1, 0.15) is 18.7 Å². The largest absolute Gasteiger partial charge is 0.337 e. The Labute approximate surface area is 164 Å². The quantitative estimate of drug-likeness (QED) is 0.521. The Morgan fingerprint density at radius 1 is 1.21 bits per heavy atom. The van der Waals surface area contributed by atoms with Gasteiger partial charge in [0.2, 0.25) is 11.5 Å². The number of hydrogen-bond acceptors (Lipinski definition) is 7. The van der Waals surface area contributed by atoms with E-state index in [0.717, 1.165) is 24.8 Å². The maximum atomic E-state index is 13.1. The molecule has 148 valence electrons. The molecule has 1 aliphatic carbocycles. The molecule has 0 bridgehead atoms. The van der Waals surface area contributed by atoms with E-state index in [0.29, 0.717) is 28.8 Å². The van der Waals surface area contributed by atoms with Crippen LogP contribution in [0.25, 0.3) is 11.2 Å². The summed E-state index contributed by atoms with van der Waals surface area (Å²) in [6, 6.07) is 6.67. The summed E-state index contributed by atoms with van der Waals surface area (Å²) in [5, 5.41) is 11.8.